The average Bonchev–Trinajstić information content (AvgIpc) is 2.78. The van der Waals surface area contributed by atoms with E-state index >= 15 is 0 Å². The molecule has 1 aromatic carbocycles. The Bertz CT molecular complexity index is 1020. The zero-order chi connectivity index (χ0) is 22.1. The van der Waals surface area contributed by atoms with E-state index < -0.39 is 35.4 Å². The van der Waals surface area contributed by atoms with Crippen LogP contribution in [-0.2, 0) is 10.3 Å². The van der Waals surface area contributed by atoms with Crippen LogP contribution in [-0.4, -0.2) is 35.9 Å². The number of hydrogen-bond donors (Lipinski definition) is 2. The smallest absolute Gasteiger partial charge is 0.299 e. The number of nitrogens with one attached hydrogen (secondary N) is 1. The molecule has 3 N–H and O–H groups in total. The molecular weight excluding hydrogens is 444 g/mol. The Kier molecular flexibility index (Phi) is 6.26. The minimum absolute atomic E-state index is 0.00260. The van der Waals surface area contributed by atoms with Crippen LogP contribution < -0.4 is 11.1 Å². The molecule has 0 saturated heterocycles. The number of aliphatic imine (C=N–C) groups is 1. The number of anilines is 1. The fraction of sp³-hybridized carbons (Fsp3) is 0.316. The minimum Gasteiger partial charge on any atom is -0.385 e. The van der Waals surface area contributed by atoms with E-state index in [0.29, 0.717) is 0 Å². The molecule has 0 bridgehead atoms. The molecule has 1 aromatic heterocycles. The van der Waals surface area contributed by atoms with Crippen molar-refractivity contribution in [2.45, 2.75) is 24.8 Å². The number of hydrogen-bond acceptors (Lipinski definition) is 5. The van der Waals surface area contributed by atoms with Crippen LogP contribution in [0.1, 0.15) is 29.4 Å². The van der Waals surface area contributed by atoms with Gasteiger partial charge in [-0.05, 0) is 30.7 Å². The molecule has 6 nitrogen and oxygen atoms in total. The highest BCUT2D eigenvalue weighted by Gasteiger charge is 2.56. The molecule has 0 unspecified atom stereocenters. The molecule has 160 valence electrons. The number of ether oxygens (including phenoxy) is 1. The molecule has 1 amide bonds. The van der Waals surface area contributed by atoms with Gasteiger partial charge in [-0.2, -0.15) is 0 Å². The molecule has 11 heteroatoms. The Morgan fingerprint density at radius 3 is 2.73 bits per heavy atom. The van der Waals surface area contributed by atoms with Crippen molar-refractivity contribution in [1.29, 1.82) is 0 Å². The van der Waals surface area contributed by atoms with Crippen LogP contribution in [0.4, 0.5) is 18.9 Å². The summed E-state index contributed by atoms with van der Waals surface area (Å²) < 4.78 is 49.6. The van der Waals surface area contributed by atoms with E-state index in [9.17, 15) is 18.0 Å². The lowest BCUT2D eigenvalue weighted by Crippen LogP contribution is -2.47. The van der Waals surface area contributed by atoms with Crippen molar-refractivity contribution < 1.29 is 22.7 Å². The number of benzene rings is 1. The third kappa shape index (κ3) is 4.10. The minimum atomic E-state index is -3.55. The van der Waals surface area contributed by atoms with Crippen LogP contribution in [0.25, 0.3) is 0 Å². The zero-order valence-corrected chi connectivity index (χ0v) is 17.2. The molecule has 1 aliphatic heterocycles. The van der Waals surface area contributed by atoms with Gasteiger partial charge in [0.2, 0.25) is 0 Å². The molecule has 0 radical (unpaired) electrons. The molecular formula is C19H17Cl2F3N4O2. The van der Waals surface area contributed by atoms with Crippen molar-refractivity contribution in [3.8, 4) is 0 Å². The Morgan fingerprint density at radius 2 is 2.07 bits per heavy atom. The summed E-state index contributed by atoms with van der Waals surface area (Å²) in [6.45, 7) is 0.166. The van der Waals surface area contributed by atoms with E-state index in [2.05, 4.69) is 15.3 Å². The maximum absolute atomic E-state index is 15.0. The first-order chi connectivity index (χ1) is 14.1. The lowest BCUT2D eigenvalue weighted by molar-refractivity contribution is -0.123. The van der Waals surface area contributed by atoms with Crippen LogP contribution in [0, 0.1) is 5.82 Å². The van der Waals surface area contributed by atoms with Crippen molar-refractivity contribution in [3.63, 3.8) is 0 Å². The molecule has 1 aliphatic rings. The number of amides is 1. The van der Waals surface area contributed by atoms with Crippen molar-refractivity contribution in [1.82, 2.24) is 4.98 Å². The van der Waals surface area contributed by atoms with Gasteiger partial charge in [0.05, 0.1) is 10.0 Å². The summed E-state index contributed by atoms with van der Waals surface area (Å²) in [5.41, 5.74) is 2.88. The summed E-state index contributed by atoms with van der Waals surface area (Å²) >= 11 is 11.7. The summed E-state index contributed by atoms with van der Waals surface area (Å²) in [5, 5.41) is 2.70. The predicted octanol–water partition coefficient (Wildman–Crippen LogP) is 4.41. The van der Waals surface area contributed by atoms with Gasteiger partial charge in [0.25, 0.3) is 11.8 Å². The van der Waals surface area contributed by atoms with Gasteiger partial charge in [-0.25, -0.2) is 18.2 Å². The Morgan fingerprint density at radius 1 is 1.33 bits per heavy atom. The van der Waals surface area contributed by atoms with E-state index in [1.54, 1.807) is 0 Å². The highest BCUT2D eigenvalue weighted by atomic mass is 35.5. The number of nitrogens with two attached hydrogens (primary N) is 1. The van der Waals surface area contributed by atoms with Crippen LogP contribution >= 0.6 is 23.2 Å². The molecule has 3 rings (SSSR count). The fourth-order valence-corrected chi connectivity index (χ4v) is 3.71. The van der Waals surface area contributed by atoms with Gasteiger partial charge in [-0.3, -0.25) is 9.79 Å². The number of alkyl halides is 2. The lowest BCUT2D eigenvalue weighted by Gasteiger charge is -2.36. The number of rotatable bonds is 4. The van der Waals surface area contributed by atoms with Crippen LogP contribution in [0.15, 0.2) is 35.5 Å². The van der Waals surface area contributed by atoms with Gasteiger partial charge in [0.15, 0.2) is 5.54 Å². The summed E-state index contributed by atoms with van der Waals surface area (Å²) in [6.07, 6.45) is 0.969. The van der Waals surface area contributed by atoms with E-state index in [1.807, 2.05) is 0 Å². The normalized spacial score (nSPS) is 20.9. The molecule has 0 aliphatic carbocycles. The Labute approximate surface area is 180 Å². The molecule has 0 spiro atoms. The highest BCUT2D eigenvalue weighted by Crippen LogP contribution is 2.46. The molecule has 0 saturated carbocycles. The van der Waals surface area contributed by atoms with E-state index in [-0.39, 0.29) is 40.3 Å². The van der Waals surface area contributed by atoms with Gasteiger partial charge in [-0.1, -0.05) is 30.1 Å². The van der Waals surface area contributed by atoms with Crippen molar-refractivity contribution in [3.05, 3.63) is 57.6 Å². The van der Waals surface area contributed by atoms with Crippen LogP contribution in [0.5, 0.6) is 0 Å². The maximum atomic E-state index is 15.0. The predicted molar refractivity (Wildman–Crippen MR) is 108 cm³/mol. The van der Waals surface area contributed by atoms with Gasteiger partial charge in [-0.15, -0.1) is 0 Å². The molecule has 30 heavy (non-hydrogen) atoms. The third-order valence-electron chi connectivity index (χ3n) is 4.68. The molecule has 0 fully saturated rings. The number of nitrogens with zero attached hydrogens (tertiary/aromatic N) is 2. The quantitative estimate of drug-likeness (QED) is 0.706. The first-order valence-corrected chi connectivity index (χ1v) is 9.57. The zero-order valence-electron chi connectivity index (χ0n) is 15.7. The van der Waals surface area contributed by atoms with E-state index in [4.69, 9.17) is 33.7 Å². The first kappa shape index (κ1) is 22.3. The number of carbonyl (C=O) groups excluding carboxylic acids is 1. The monoisotopic (exact) mass is 460 g/mol. The van der Waals surface area contributed by atoms with Crippen molar-refractivity contribution in [2.24, 2.45) is 10.7 Å². The third-order valence-corrected chi connectivity index (χ3v) is 5.17. The second kappa shape index (κ2) is 8.41. The number of halogens is 5. The highest BCUT2D eigenvalue weighted by molar-refractivity contribution is 6.36. The largest absolute Gasteiger partial charge is 0.385 e. The van der Waals surface area contributed by atoms with Gasteiger partial charge >= 0.3 is 0 Å². The van der Waals surface area contributed by atoms with E-state index in [0.717, 1.165) is 12.1 Å². The topological polar surface area (TPSA) is 89.6 Å². The molecule has 1 atom stereocenters. The van der Waals surface area contributed by atoms with Gasteiger partial charge in [0.1, 0.15) is 30.6 Å². The average molecular weight is 461 g/mol. The van der Waals surface area contributed by atoms with Crippen LogP contribution in [0.2, 0.25) is 10.0 Å². The number of amidine groups is 1. The number of carbonyl (C=O) groups is 1. The fourth-order valence-electron chi connectivity index (χ4n) is 3.24. The summed E-state index contributed by atoms with van der Waals surface area (Å²) in [5.74, 6) is -5.37. The summed E-state index contributed by atoms with van der Waals surface area (Å²) in [7, 11) is 0. The van der Waals surface area contributed by atoms with Crippen molar-refractivity contribution in [2.75, 3.05) is 18.5 Å². The second-order valence-corrected chi connectivity index (χ2v) is 7.49. The standard InChI is InChI=1S/C19H17Cl2F3N4O2/c1-2-18(19(23,24)9-30-8-15(25)28-18)12-6-11(3-4-14(12)22)27-17(29)16-13(21)5-10(20)7-26-16/h3-7H,2,8-9H2,1H3,(H2,25,28)(H,27,29)/t18-/m1/s1. The van der Waals surface area contributed by atoms with Gasteiger partial charge in [0, 0.05) is 17.4 Å². The number of pyridine rings is 1. The number of aromatic nitrogens is 1. The van der Waals surface area contributed by atoms with E-state index in [1.165, 1.54) is 25.3 Å². The second-order valence-electron chi connectivity index (χ2n) is 6.65. The summed E-state index contributed by atoms with van der Waals surface area (Å²) in [4.78, 5) is 20.3. The van der Waals surface area contributed by atoms with Crippen LogP contribution in [0.3, 0.4) is 0 Å². The lowest BCUT2D eigenvalue weighted by atomic mass is 9.81. The summed E-state index contributed by atoms with van der Waals surface area (Å²) in [6, 6.07) is 4.61. The molecule has 2 heterocycles. The first-order valence-electron chi connectivity index (χ1n) is 8.82. The van der Waals surface area contributed by atoms with Gasteiger partial charge < -0.3 is 15.8 Å². The molecule has 2 aromatic rings. The van der Waals surface area contributed by atoms with Crippen molar-refractivity contribution >= 4 is 40.6 Å². The SMILES string of the molecule is CC[C@]1(c2cc(NC(=O)c3ncc(Cl)cc3Cl)ccc2F)N=C(N)COCC1(F)F. The maximum Gasteiger partial charge on any atom is 0.299 e. The Hall–Kier alpha value is -2.36. The Balaban J connectivity index is 2.04.